The topological polar surface area (TPSA) is 53.8 Å². The van der Waals surface area contributed by atoms with E-state index in [2.05, 4.69) is 15.9 Å². The quantitative estimate of drug-likeness (QED) is 0.638. The number of rotatable bonds is 4. The summed E-state index contributed by atoms with van der Waals surface area (Å²) in [5.74, 6) is -0.0759. The molecule has 0 unspecified atom stereocenters. The molecule has 0 spiro atoms. The zero-order valence-corrected chi connectivity index (χ0v) is 16.7. The van der Waals surface area contributed by atoms with Crippen molar-refractivity contribution in [3.63, 3.8) is 0 Å². The molecule has 0 aliphatic carbocycles. The molecule has 1 aliphatic heterocycles. The van der Waals surface area contributed by atoms with Crippen LogP contribution in [0, 0.1) is 0 Å². The lowest BCUT2D eigenvalue weighted by molar-refractivity contribution is 0.0716. The number of para-hydroxylation sites is 1. The largest absolute Gasteiger partial charge is 0.450 e. The van der Waals surface area contributed by atoms with Gasteiger partial charge in [0.15, 0.2) is 5.43 Å². The van der Waals surface area contributed by atoms with E-state index in [-0.39, 0.29) is 17.1 Å². The monoisotopic (exact) mass is 426 g/mol. The van der Waals surface area contributed by atoms with Crippen LogP contribution in [-0.4, -0.2) is 42.9 Å². The van der Waals surface area contributed by atoms with Gasteiger partial charge in [0.05, 0.1) is 17.0 Å². The van der Waals surface area contributed by atoms with E-state index in [1.54, 1.807) is 29.2 Å². The number of fused-ring (bicyclic) bond motifs is 2. The van der Waals surface area contributed by atoms with Crippen molar-refractivity contribution in [1.82, 2.24) is 9.80 Å². The average Bonchev–Trinajstić information content (AvgIpc) is 2.93. The molecule has 0 bridgehead atoms. The summed E-state index contributed by atoms with van der Waals surface area (Å²) in [5.41, 5.74) is 1.63. The minimum Gasteiger partial charge on any atom is -0.450 e. The summed E-state index contributed by atoms with van der Waals surface area (Å²) >= 11 is 3.44. The number of benzene rings is 2. The molecule has 0 saturated carbocycles. The maximum Gasteiger partial charge on any atom is 0.290 e. The molecule has 3 aromatic rings. The zero-order valence-electron chi connectivity index (χ0n) is 15.1. The van der Waals surface area contributed by atoms with Crippen LogP contribution in [-0.2, 0) is 0 Å². The summed E-state index contributed by atoms with van der Waals surface area (Å²) in [4.78, 5) is 30.1. The maximum absolute atomic E-state index is 13.2. The highest BCUT2D eigenvalue weighted by Gasteiger charge is 2.42. The SMILES string of the molecule is CN(C)CCN1C(=O)c2oc3ccccc3c(=O)c2[C@@H]1c1ccc(Br)cc1. The van der Waals surface area contributed by atoms with Crippen molar-refractivity contribution in [2.24, 2.45) is 0 Å². The maximum atomic E-state index is 13.2. The Morgan fingerprint density at radius 3 is 2.48 bits per heavy atom. The first kappa shape index (κ1) is 17.9. The van der Waals surface area contributed by atoms with E-state index in [9.17, 15) is 9.59 Å². The number of nitrogens with zero attached hydrogens (tertiary/aromatic N) is 2. The van der Waals surface area contributed by atoms with Gasteiger partial charge >= 0.3 is 0 Å². The lowest BCUT2D eigenvalue weighted by Gasteiger charge is -2.26. The van der Waals surface area contributed by atoms with Crippen molar-refractivity contribution in [3.8, 4) is 0 Å². The molecule has 1 amide bonds. The van der Waals surface area contributed by atoms with E-state index in [0.29, 0.717) is 29.6 Å². The third-order valence-corrected chi connectivity index (χ3v) is 5.38. The van der Waals surface area contributed by atoms with Crippen molar-refractivity contribution in [3.05, 3.63) is 80.1 Å². The summed E-state index contributed by atoms with van der Waals surface area (Å²) < 4.78 is 6.84. The Balaban J connectivity index is 1.93. The van der Waals surface area contributed by atoms with Crippen LogP contribution in [0.4, 0.5) is 0 Å². The molecule has 0 N–H and O–H groups in total. The minimum atomic E-state index is -0.443. The Morgan fingerprint density at radius 2 is 1.78 bits per heavy atom. The predicted octanol–water partition coefficient (Wildman–Crippen LogP) is 3.66. The summed E-state index contributed by atoms with van der Waals surface area (Å²) in [5, 5.41) is 0.501. The summed E-state index contributed by atoms with van der Waals surface area (Å²) in [6.07, 6.45) is 0. The van der Waals surface area contributed by atoms with Gasteiger partial charge in [0.25, 0.3) is 5.91 Å². The smallest absolute Gasteiger partial charge is 0.290 e. The zero-order chi connectivity index (χ0) is 19.1. The van der Waals surface area contributed by atoms with Crippen molar-refractivity contribution in [2.45, 2.75) is 6.04 Å². The van der Waals surface area contributed by atoms with E-state index in [4.69, 9.17) is 4.42 Å². The second kappa shape index (κ2) is 6.94. The number of hydrogen-bond donors (Lipinski definition) is 0. The highest BCUT2D eigenvalue weighted by atomic mass is 79.9. The van der Waals surface area contributed by atoms with Crippen LogP contribution in [0.2, 0.25) is 0 Å². The molecule has 0 saturated heterocycles. The van der Waals surface area contributed by atoms with Crippen LogP contribution < -0.4 is 5.43 Å². The number of hydrogen-bond acceptors (Lipinski definition) is 4. The Hall–Kier alpha value is -2.44. The van der Waals surface area contributed by atoms with Gasteiger partial charge in [-0.15, -0.1) is 0 Å². The molecule has 2 aromatic carbocycles. The van der Waals surface area contributed by atoms with Gasteiger partial charge in [0.2, 0.25) is 5.76 Å². The Labute approximate surface area is 165 Å². The number of amides is 1. The molecule has 0 radical (unpaired) electrons. The highest BCUT2D eigenvalue weighted by molar-refractivity contribution is 9.10. The predicted molar refractivity (Wildman–Crippen MR) is 108 cm³/mol. The van der Waals surface area contributed by atoms with Gasteiger partial charge in [-0.1, -0.05) is 40.2 Å². The molecule has 4 rings (SSSR count). The van der Waals surface area contributed by atoms with Crippen molar-refractivity contribution in [2.75, 3.05) is 27.2 Å². The van der Waals surface area contributed by atoms with Crippen LogP contribution in [0.25, 0.3) is 11.0 Å². The van der Waals surface area contributed by atoms with Gasteiger partial charge in [0.1, 0.15) is 5.58 Å². The Kier molecular flexibility index (Phi) is 4.61. The van der Waals surface area contributed by atoms with Crippen molar-refractivity contribution in [1.29, 1.82) is 0 Å². The summed E-state index contributed by atoms with van der Waals surface area (Å²) in [6, 6.07) is 14.3. The fourth-order valence-corrected chi connectivity index (χ4v) is 3.76. The van der Waals surface area contributed by atoms with Gasteiger partial charge < -0.3 is 14.2 Å². The van der Waals surface area contributed by atoms with Gasteiger partial charge in [-0.2, -0.15) is 0 Å². The van der Waals surface area contributed by atoms with Gasteiger partial charge in [-0.05, 0) is 43.9 Å². The fourth-order valence-electron chi connectivity index (χ4n) is 3.50. The standard InChI is InChI=1S/C21H19BrN2O3/c1-23(2)11-12-24-18(13-7-9-14(22)10-8-13)17-19(25)15-5-3-4-6-16(15)27-20(17)21(24)26/h3-10,18H,11-12H2,1-2H3/t18-/m0/s1. The van der Waals surface area contributed by atoms with Gasteiger partial charge in [-0.3, -0.25) is 9.59 Å². The molecule has 1 aromatic heterocycles. The second-order valence-corrected chi connectivity index (χ2v) is 7.84. The molecule has 6 heteroatoms. The lowest BCUT2D eigenvalue weighted by Crippen LogP contribution is -2.35. The number of carbonyl (C=O) groups is 1. The van der Waals surface area contributed by atoms with Gasteiger partial charge in [0, 0.05) is 17.6 Å². The molecule has 1 aliphatic rings. The van der Waals surface area contributed by atoms with Crippen LogP contribution in [0.5, 0.6) is 0 Å². The van der Waals surface area contributed by atoms with Gasteiger partial charge in [-0.25, -0.2) is 0 Å². The lowest BCUT2D eigenvalue weighted by atomic mass is 9.98. The second-order valence-electron chi connectivity index (χ2n) is 6.93. The number of likely N-dealkylation sites (N-methyl/N-ethyl adjacent to an activating group) is 1. The molecular formula is C21H19BrN2O3. The Bertz CT molecular complexity index is 1070. The first-order chi connectivity index (χ1) is 13.0. The Morgan fingerprint density at radius 1 is 1.07 bits per heavy atom. The normalized spacial score (nSPS) is 16.4. The molecule has 1 atom stereocenters. The molecule has 5 nitrogen and oxygen atoms in total. The van der Waals surface area contributed by atoms with Crippen LogP contribution >= 0.6 is 15.9 Å². The van der Waals surface area contributed by atoms with Crippen LogP contribution in [0.3, 0.4) is 0 Å². The molecule has 27 heavy (non-hydrogen) atoms. The van der Waals surface area contributed by atoms with Crippen molar-refractivity contribution < 1.29 is 9.21 Å². The van der Waals surface area contributed by atoms with E-state index in [1.165, 1.54) is 0 Å². The fraction of sp³-hybridized carbons (Fsp3) is 0.238. The summed E-state index contributed by atoms with van der Waals surface area (Å²) in [6.45, 7) is 1.20. The molecule has 2 heterocycles. The molecular weight excluding hydrogens is 408 g/mol. The van der Waals surface area contributed by atoms with E-state index >= 15 is 0 Å². The third kappa shape index (κ3) is 3.09. The molecule has 138 valence electrons. The third-order valence-electron chi connectivity index (χ3n) is 4.85. The first-order valence-corrected chi connectivity index (χ1v) is 9.53. The van der Waals surface area contributed by atoms with Crippen LogP contribution in [0.1, 0.15) is 27.7 Å². The summed E-state index contributed by atoms with van der Waals surface area (Å²) in [7, 11) is 3.92. The van der Waals surface area contributed by atoms with E-state index < -0.39 is 6.04 Å². The number of halogens is 1. The first-order valence-electron chi connectivity index (χ1n) is 8.74. The highest BCUT2D eigenvalue weighted by Crippen LogP contribution is 2.38. The van der Waals surface area contributed by atoms with E-state index in [1.807, 2.05) is 43.3 Å². The van der Waals surface area contributed by atoms with Crippen LogP contribution in [0.15, 0.2) is 62.2 Å². The van der Waals surface area contributed by atoms with E-state index in [0.717, 1.165) is 10.0 Å². The average molecular weight is 427 g/mol. The van der Waals surface area contributed by atoms with Crippen molar-refractivity contribution >= 4 is 32.8 Å². The molecule has 0 fully saturated rings. The minimum absolute atomic E-state index is 0.138. The number of carbonyl (C=O) groups excluding carboxylic acids is 1.